The lowest BCUT2D eigenvalue weighted by atomic mass is 10.3. The Labute approximate surface area is 104 Å². The zero-order valence-corrected chi connectivity index (χ0v) is 11.0. The van der Waals surface area contributed by atoms with Crippen LogP contribution < -0.4 is 5.32 Å². The highest BCUT2D eigenvalue weighted by molar-refractivity contribution is 5.21. The average molecular weight is 236 g/mol. The summed E-state index contributed by atoms with van der Waals surface area (Å²) in [5.74, 6) is 0.727. The van der Waals surface area contributed by atoms with Crippen LogP contribution in [0.15, 0.2) is 18.5 Å². The van der Waals surface area contributed by atoms with Crippen molar-refractivity contribution in [2.45, 2.75) is 33.1 Å². The fraction of sp³-hybridized carbons (Fsp3) is 0.692. The molecule has 1 rings (SSSR count). The molecule has 0 fully saturated rings. The van der Waals surface area contributed by atoms with Gasteiger partial charge in [-0.15, -0.1) is 0 Å². The van der Waals surface area contributed by atoms with E-state index >= 15 is 0 Å². The van der Waals surface area contributed by atoms with Crippen LogP contribution in [0, 0.1) is 0 Å². The standard InChI is InChI=1S/C13H24N4/c1-3-10-17(11-4-2)12-6-9-16-13-14-7-5-8-15-13/h5,7-8H,3-4,6,9-12H2,1-2H3,(H,14,15,16). The Balaban J connectivity index is 2.13. The van der Waals surface area contributed by atoms with E-state index in [9.17, 15) is 0 Å². The highest BCUT2D eigenvalue weighted by Crippen LogP contribution is 1.98. The van der Waals surface area contributed by atoms with Crippen LogP contribution in [-0.4, -0.2) is 41.0 Å². The van der Waals surface area contributed by atoms with Gasteiger partial charge >= 0.3 is 0 Å². The first-order valence-corrected chi connectivity index (χ1v) is 6.60. The average Bonchev–Trinajstić information content (AvgIpc) is 2.36. The molecule has 0 saturated carbocycles. The molecule has 0 amide bonds. The van der Waals surface area contributed by atoms with Crippen LogP contribution in [0.5, 0.6) is 0 Å². The molecule has 0 aliphatic rings. The summed E-state index contributed by atoms with van der Waals surface area (Å²) in [6.07, 6.45) is 7.12. The van der Waals surface area contributed by atoms with Crippen LogP contribution in [0.25, 0.3) is 0 Å². The lowest BCUT2D eigenvalue weighted by Gasteiger charge is -2.20. The van der Waals surface area contributed by atoms with Crippen LogP contribution in [0.1, 0.15) is 33.1 Å². The Morgan fingerprint density at radius 2 is 1.71 bits per heavy atom. The Morgan fingerprint density at radius 1 is 1.06 bits per heavy atom. The molecule has 1 heterocycles. The van der Waals surface area contributed by atoms with Gasteiger partial charge in [0.15, 0.2) is 0 Å². The van der Waals surface area contributed by atoms with Gasteiger partial charge in [-0.05, 0) is 45.0 Å². The number of hydrogen-bond acceptors (Lipinski definition) is 4. The smallest absolute Gasteiger partial charge is 0.222 e. The van der Waals surface area contributed by atoms with Crippen LogP contribution in [0.4, 0.5) is 5.95 Å². The van der Waals surface area contributed by atoms with Gasteiger partial charge in [0, 0.05) is 18.9 Å². The van der Waals surface area contributed by atoms with Gasteiger partial charge in [0.1, 0.15) is 0 Å². The minimum atomic E-state index is 0.727. The van der Waals surface area contributed by atoms with Gasteiger partial charge < -0.3 is 10.2 Å². The number of anilines is 1. The molecule has 1 aromatic rings. The van der Waals surface area contributed by atoms with Gasteiger partial charge in [-0.3, -0.25) is 0 Å². The second-order valence-electron chi connectivity index (χ2n) is 4.19. The first-order chi connectivity index (χ1) is 8.36. The summed E-state index contributed by atoms with van der Waals surface area (Å²) in [6.45, 7) is 8.97. The molecule has 0 unspecified atom stereocenters. The Hall–Kier alpha value is -1.16. The molecule has 0 spiro atoms. The highest BCUT2D eigenvalue weighted by atomic mass is 15.1. The van der Waals surface area contributed by atoms with Crippen LogP contribution in [0.3, 0.4) is 0 Å². The molecule has 4 nitrogen and oxygen atoms in total. The van der Waals surface area contributed by atoms with Gasteiger partial charge in [-0.1, -0.05) is 13.8 Å². The maximum atomic E-state index is 4.13. The van der Waals surface area contributed by atoms with Gasteiger partial charge in [-0.25, -0.2) is 9.97 Å². The van der Waals surface area contributed by atoms with Gasteiger partial charge in [0.2, 0.25) is 5.95 Å². The molecular weight excluding hydrogens is 212 g/mol. The lowest BCUT2D eigenvalue weighted by molar-refractivity contribution is 0.274. The number of nitrogens with zero attached hydrogens (tertiary/aromatic N) is 3. The van der Waals surface area contributed by atoms with Crippen molar-refractivity contribution in [3.63, 3.8) is 0 Å². The van der Waals surface area contributed by atoms with E-state index in [0.717, 1.165) is 25.5 Å². The Morgan fingerprint density at radius 3 is 2.29 bits per heavy atom. The largest absolute Gasteiger partial charge is 0.354 e. The van der Waals surface area contributed by atoms with Crippen molar-refractivity contribution in [2.75, 3.05) is 31.5 Å². The molecule has 1 N–H and O–H groups in total. The summed E-state index contributed by atoms with van der Waals surface area (Å²) in [7, 11) is 0. The SMILES string of the molecule is CCCN(CCC)CCCNc1ncccn1. The van der Waals surface area contributed by atoms with Gasteiger partial charge in [0.05, 0.1) is 0 Å². The molecule has 1 aromatic heterocycles. The lowest BCUT2D eigenvalue weighted by Crippen LogP contribution is -2.27. The minimum absolute atomic E-state index is 0.727. The molecular formula is C13H24N4. The summed E-state index contributed by atoms with van der Waals surface area (Å²) in [4.78, 5) is 10.8. The third kappa shape index (κ3) is 6.22. The number of nitrogens with one attached hydrogen (secondary N) is 1. The summed E-state index contributed by atoms with van der Waals surface area (Å²) in [5, 5.41) is 3.24. The summed E-state index contributed by atoms with van der Waals surface area (Å²) in [5.41, 5.74) is 0. The summed E-state index contributed by atoms with van der Waals surface area (Å²) >= 11 is 0. The van der Waals surface area contributed by atoms with E-state index in [1.165, 1.54) is 25.9 Å². The number of hydrogen-bond donors (Lipinski definition) is 1. The summed E-state index contributed by atoms with van der Waals surface area (Å²) in [6, 6.07) is 1.83. The molecule has 0 radical (unpaired) electrons. The number of aromatic nitrogens is 2. The molecule has 0 aliphatic carbocycles. The first kappa shape index (κ1) is 13.9. The Bertz CT molecular complexity index is 270. The zero-order valence-electron chi connectivity index (χ0n) is 11.0. The molecule has 17 heavy (non-hydrogen) atoms. The summed E-state index contributed by atoms with van der Waals surface area (Å²) < 4.78 is 0. The molecule has 0 aliphatic heterocycles. The molecule has 0 saturated heterocycles. The van der Waals surface area contributed by atoms with Crippen molar-refractivity contribution in [3.05, 3.63) is 18.5 Å². The fourth-order valence-corrected chi connectivity index (χ4v) is 1.86. The fourth-order valence-electron chi connectivity index (χ4n) is 1.86. The number of rotatable bonds is 9. The molecule has 96 valence electrons. The van der Waals surface area contributed by atoms with Crippen molar-refractivity contribution in [1.29, 1.82) is 0 Å². The van der Waals surface area contributed by atoms with Crippen molar-refractivity contribution in [3.8, 4) is 0 Å². The third-order valence-corrected chi connectivity index (χ3v) is 2.58. The predicted molar refractivity (Wildman–Crippen MR) is 72.2 cm³/mol. The van der Waals surface area contributed by atoms with Crippen LogP contribution in [-0.2, 0) is 0 Å². The second-order valence-corrected chi connectivity index (χ2v) is 4.19. The van der Waals surface area contributed by atoms with Gasteiger partial charge in [0.25, 0.3) is 0 Å². The third-order valence-electron chi connectivity index (χ3n) is 2.58. The van der Waals surface area contributed by atoms with E-state index in [0.29, 0.717) is 0 Å². The zero-order chi connectivity index (χ0) is 12.3. The van der Waals surface area contributed by atoms with E-state index in [2.05, 4.69) is 34.0 Å². The predicted octanol–water partition coefficient (Wildman–Crippen LogP) is 2.40. The van der Waals surface area contributed by atoms with E-state index in [1.54, 1.807) is 12.4 Å². The van der Waals surface area contributed by atoms with E-state index < -0.39 is 0 Å². The normalized spacial score (nSPS) is 10.8. The molecule has 4 heteroatoms. The van der Waals surface area contributed by atoms with Gasteiger partial charge in [-0.2, -0.15) is 0 Å². The molecule has 0 aromatic carbocycles. The van der Waals surface area contributed by atoms with Crippen LogP contribution >= 0.6 is 0 Å². The van der Waals surface area contributed by atoms with Crippen molar-refractivity contribution >= 4 is 5.95 Å². The van der Waals surface area contributed by atoms with Crippen LogP contribution in [0.2, 0.25) is 0 Å². The monoisotopic (exact) mass is 236 g/mol. The topological polar surface area (TPSA) is 41.0 Å². The van der Waals surface area contributed by atoms with Crippen molar-refractivity contribution in [2.24, 2.45) is 0 Å². The minimum Gasteiger partial charge on any atom is -0.354 e. The second kappa shape index (κ2) is 8.93. The maximum Gasteiger partial charge on any atom is 0.222 e. The van der Waals surface area contributed by atoms with E-state index in [-0.39, 0.29) is 0 Å². The molecule has 0 atom stereocenters. The Kier molecular flexibility index (Phi) is 7.30. The maximum absolute atomic E-state index is 4.13. The molecule has 0 bridgehead atoms. The highest BCUT2D eigenvalue weighted by Gasteiger charge is 2.01. The quantitative estimate of drug-likeness (QED) is 0.668. The van der Waals surface area contributed by atoms with E-state index in [4.69, 9.17) is 0 Å². The van der Waals surface area contributed by atoms with Crippen molar-refractivity contribution < 1.29 is 0 Å². The first-order valence-electron chi connectivity index (χ1n) is 6.60. The van der Waals surface area contributed by atoms with Crippen molar-refractivity contribution in [1.82, 2.24) is 14.9 Å². The van der Waals surface area contributed by atoms with E-state index in [1.807, 2.05) is 6.07 Å².